The van der Waals surface area contributed by atoms with Crippen LogP contribution in [0.4, 0.5) is 0 Å². The highest BCUT2D eigenvalue weighted by Gasteiger charge is 2.40. The number of carbonyl (C=O) groups is 1. The highest BCUT2D eigenvalue weighted by molar-refractivity contribution is 5.94. The fraction of sp³-hybridized carbons (Fsp3) is 0.667. The van der Waals surface area contributed by atoms with Crippen molar-refractivity contribution in [1.29, 1.82) is 0 Å². The van der Waals surface area contributed by atoms with Crippen molar-refractivity contribution in [2.45, 2.75) is 47.0 Å². The molecule has 0 spiro atoms. The monoisotopic (exact) mass is 220 g/mol. The van der Waals surface area contributed by atoms with Crippen molar-refractivity contribution in [1.82, 2.24) is 0 Å². The van der Waals surface area contributed by atoms with Crippen molar-refractivity contribution in [2.75, 3.05) is 0 Å². The second-order valence-electron chi connectivity index (χ2n) is 5.65. The molecule has 0 aromatic heterocycles. The summed E-state index contributed by atoms with van der Waals surface area (Å²) in [5, 5.41) is 0. The summed E-state index contributed by atoms with van der Waals surface area (Å²) in [7, 11) is 0. The molecular weight excluding hydrogens is 196 g/mol. The summed E-state index contributed by atoms with van der Waals surface area (Å²) >= 11 is 0. The molecule has 0 aliphatic heterocycles. The maximum atomic E-state index is 12.2. The highest BCUT2D eigenvalue weighted by Crippen LogP contribution is 2.46. The van der Waals surface area contributed by atoms with E-state index in [4.69, 9.17) is 0 Å². The van der Waals surface area contributed by atoms with Gasteiger partial charge in [0.05, 0.1) is 0 Å². The lowest BCUT2D eigenvalue weighted by Crippen LogP contribution is -2.37. The Labute approximate surface area is 99.6 Å². The minimum Gasteiger partial charge on any atom is -0.294 e. The minimum atomic E-state index is 0.0130. The fourth-order valence-corrected chi connectivity index (χ4v) is 2.60. The van der Waals surface area contributed by atoms with Crippen molar-refractivity contribution in [3.8, 4) is 0 Å². The van der Waals surface area contributed by atoms with E-state index >= 15 is 0 Å². The van der Waals surface area contributed by atoms with Gasteiger partial charge in [-0.2, -0.15) is 0 Å². The first-order valence-corrected chi connectivity index (χ1v) is 6.29. The number of allylic oxidation sites excluding steroid dienone is 3. The molecule has 90 valence electrons. The average molecular weight is 220 g/mol. The molecular formula is C15H24O. The Morgan fingerprint density at radius 2 is 2.19 bits per heavy atom. The average Bonchev–Trinajstić information content (AvgIpc) is 2.21. The number of rotatable bonds is 3. The molecule has 0 aromatic rings. The van der Waals surface area contributed by atoms with E-state index in [1.807, 2.05) is 13.0 Å². The molecule has 0 bridgehead atoms. The van der Waals surface area contributed by atoms with Crippen LogP contribution in [0, 0.1) is 17.3 Å². The molecule has 1 aliphatic carbocycles. The van der Waals surface area contributed by atoms with Gasteiger partial charge in [-0.1, -0.05) is 45.9 Å². The van der Waals surface area contributed by atoms with Crippen LogP contribution in [0.3, 0.4) is 0 Å². The van der Waals surface area contributed by atoms with Crippen LogP contribution < -0.4 is 0 Å². The van der Waals surface area contributed by atoms with Gasteiger partial charge in [-0.15, -0.1) is 0 Å². The van der Waals surface area contributed by atoms with Crippen molar-refractivity contribution in [3.05, 3.63) is 24.3 Å². The number of hydrogen-bond acceptors (Lipinski definition) is 1. The van der Waals surface area contributed by atoms with Gasteiger partial charge in [0.15, 0.2) is 5.78 Å². The van der Waals surface area contributed by atoms with Gasteiger partial charge in [0, 0.05) is 5.92 Å². The van der Waals surface area contributed by atoms with E-state index in [0.717, 1.165) is 24.8 Å². The van der Waals surface area contributed by atoms with E-state index in [0.29, 0.717) is 5.92 Å². The smallest absolute Gasteiger partial charge is 0.163 e. The van der Waals surface area contributed by atoms with Crippen LogP contribution in [-0.4, -0.2) is 5.78 Å². The maximum absolute atomic E-state index is 12.2. The van der Waals surface area contributed by atoms with Gasteiger partial charge in [-0.25, -0.2) is 0 Å². The second kappa shape index (κ2) is 4.99. The summed E-state index contributed by atoms with van der Waals surface area (Å²) in [6.45, 7) is 12.8. The largest absolute Gasteiger partial charge is 0.294 e. The first-order valence-electron chi connectivity index (χ1n) is 6.29. The zero-order valence-electron chi connectivity index (χ0n) is 11.0. The number of hydrogen-bond donors (Lipinski definition) is 0. The van der Waals surface area contributed by atoms with Crippen LogP contribution in [0.25, 0.3) is 0 Å². The molecule has 1 fully saturated rings. The maximum Gasteiger partial charge on any atom is 0.163 e. The molecule has 0 unspecified atom stereocenters. The molecule has 1 nitrogen and oxygen atoms in total. The Bertz CT molecular complexity index is 309. The van der Waals surface area contributed by atoms with Crippen LogP contribution in [0.2, 0.25) is 0 Å². The van der Waals surface area contributed by atoms with Crippen molar-refractivity contribution >= 4 is 5.78 Å². The zero-order valence-corrected chi connectivity index (χ0v) is 11.0. The van der Waals surface area contributed by atoms with E-state index in [-0.39, 0.29) is 17.1 Å². The van der Waals surface area contributed by atoms with E-state index in [1.165, 1.54) is 0 Å². The number of ketones is 1. The molecule has 1 saturated carbocycles. The van der Waals surface area contributed by atoms with E-state index in [9.17, 15) is 4.79 Å². The lowest BCUT2D eigenvalue weighted by Gasteiger charge is -2.41. The summed E-state index contributed by atoms with van der Waals surface area (Å²) in [6.07, 6.45) is 6.89. The molecule has 1 aliphatic rings. The van der Waals surface area contributed by atoms with E-state index < -0.39 is 0 Å². The number of carbonyl (C=O) groups excluding carboxylic acids is 1. The van der Waals surface area contributed by atoms with E-state index in [2.05, 4.69) is 27.4 Å². The van der Waals surface area contributed by atoms with Gasteiger partial charge >= 0.3 is 0 Å². The lowest BCUT2D eigenvalue weighted by molar-refractivity contribution is -0.121. The predicted octanol–water partition coefficient (Wildman–Crippen LogP) is 4.15. The third kappa shape index (κ3) is 2.63. The molecule has 2 atom stereocenters. The fourth-order valence-electron chi connectivity index (χ4n) is 2.60. The molecule has 0 amide bonds. The Hall–Kier alpha value is -0.850. The molecule has 1 rings (SSSR count). The van der Waals surface area contributed by atoms with Gasteiger partial charge in [-0.05, 0) is 36.7 Å². The van der Waals surface area contributed by atoms with Gasteiger partial charge in [0.1, 0.15) is 0 Å². The van der Waals surface area contributed by atoms with Gasteiger partial charge in [0.2, 0.25) is 0 Å². The first kappa shape index (κ1) is 13.2. The van der Waals surface area contributed by atoms with Crippen molar-refractivity contribution in [3.63, 3.8) is 0 Å². The Kier molecular flexibility index (Phi) is 4.12. The minimum absolute atomic E-state index is 0.0130. The molecule has 0 saturated heterocycles. The molecule has 16 heavy (non-hydrogen) atoms. The van der Waals surface area contributed by atoms with Crippen LogP contribution >= 0.6 is 0 Å². The van der Waals surface area contributed by atoms with Gasteiger partial charge in [0.25, 0.3) is 0 Å². The standard InChI is InChI=1S/C15H24O/c1-6-7-8-13(16)14-12(3)11(2)9-10-15(14,4)5/h7-8,11,14H,3,6,9-10H2,1-2,4-5H3/t11-,14-/m0/s1. The van der Waals surface area contributed by atoms with Crippen LogP contribution in [-0.2, 0) is 4.79 Å². The van der Waals surface area contributed by atoms with Gasteiger partial charge < -0.3 is 0 Å². The van der Waals surface area contributed by atoms with Crippen LogP contribution in [0.1, 0.15) is 47.0 Å². The molecule has 0 N–H and O–H groups in total. The molecule has 0 radical (unpaired) electrons. The summed E-state index contributed by atoms with van der Waals surface area (Å²) < 4.78 is 0. The van der Waals surface area contributed by atoms with Crippen LogP contribution in [0.5, 0.6) is 0 Å². The normalized spacial score (nSPS) is 29.6. The summed E-state index contributed by atoms with van der Waals surface area (Å²) in [5.41, 5.74) is 1.20. The molecule has 0 heterocycles. The van der Waals surface area contributed by atoms with Crippen molar-refractivity contribution in [2.24, 2.45) is 17.3 Å². The van der Waals surface area contributed by atoms with Crippen LogP contribution in [0.15, 0.2) is 24.3 Å². The van der Waals surface area contributed by atoms with Crippen molar-refractivity contribution < 1.29 is 4.79 Å². The Balaban J connectivity index is 2.92. The zero-order chi connectivity index (χ0) is 12.3. The predicted molar refractivity (Wildman–Crippen MR) is 69.2 cm³/mol. The van der Waals surface area contributed by atoms with E-state index in [1.54, 1.807) is 6.08 Å². The molecule has 1 heteroatoms. The Morgan fingerprint density at radius 3 is 2.75 bits per heavy atom. The summed E-state index contributed by atoms with van der Waals surface area (Å²) in [6, 6.07) is 0. The summed E-state index contributed by atoms with van der Waals surface area (Å²) in [5.74, 6) is 0.736. The lowest BCUT2D eigenvalue weighted by atomic mass is 9.62. The summed E-state index contributed by atoms with van der Waals surface area (Å²) in [4.78, 5) is 12.2. The first-order chi connectivity index (χ1) is 7.40. The SMILES string of the molecule is C=C1[C@@H](C(=O)C=CCC)C(C)(C)CC[C@@H]1C. The third-order valence-electron chi connectivity index (χ3n) is 3.81. The molecule has 0 aromatic carbocycles. The third-order valence-corrected chi connectivity index (χ3v) is 3.81. The van der Waals surface area contributed by atoms with Gasteiger partial charge in [-0.3, -0.25) is 4.79 Å². The quantitative estimate of drug-likeness (QED) is 0.516. The highest BCUT2D eigenvalue weighted by atomic mass is 16.1. The Morgan fingerprint density at radius 1 is 1.56 bits per heavy atom. The topological polar surface area (TPSA) is 17.1 Å². The second-order valence-corrected chi connectivity index (χ2v) is 5.65.